The van der Waals surface area contributed by atoms with Crippen LogP contribution in [-0.4, -0.2) is 5.91 Å². The topological polar surface area (TPSA) is 29.1 Å². The third-order valence-electron chi connectivity index (χ3n) is 2.74. The molecule has 0 atom stereocenters. The zero-order valence-corrected chi connectivity index (χ0v) is 12.2. The molecule has 0 aliphatic heterocycles. The normalized spacial score (nSPS) is 10.3. The van der Waals surface area contributed by atoms with Crippen molar-refractivity contribution >= 4 is 27.5 Å². The van der Waals surface area contributed by atoms with Gasteiger partial charge in [0, 0.05) is 10.2 Å². The van der Waals surface area contributed by atoms with Gasteiger partial charge in [0.15, 0.2) is 0 Å². The Labute approximate surface area is 119 Å². The lowest BCUT2D eigenvalue weighted by molar-refractivity contribution is 0.102. The van der Waals surface area contributed by atoms with Gasteiger partial charge in [-0.1, -0.05) is 12.1 Å². The first-order chi connectivity index (χ1) is 8.97. The van der Waals surface area contributed by atoms with Gasteiger partial charge in [0.2, 0.25) is 0 Å². The molecular weight excluding hydrogens is 309 g/mol. The second-order valence-electron chi connectivity index (χ2n) is 4.41. The van der Waals surface area contributed by atoms with Crippen molar-refractivity contribution in [1.29, 1.82) is 0 Å². The standard InChI is InChI=1S/C15H13BrFNO/c1-9-6-11(17)8-12(7-9)18-15(19)13-5-3-4-10(2)14(13)16/h3-8H,1-2H3,(H,18,19). The lowest BCUT2D eigenvalue weighted by atomic mass is 10.1. The van der Waals surface area contributed by atoms with Crippen molar-refractivity contribution in [3.63, 3.8) is 0 Å². The average molecular weight is 322 g/mol. The summed E-state index contributed by atoms with van der Waals surface area (Å²) in [5.41, 5.74) is 2.72. The summed E-state index contributed by atoms with van der Waals surface area (Å²) in [5.74, 6) is -0.626. The molecule has 0 aliphatic rings. The SMILES string of the molecule is Cc1cc(F)cc(NC(=O)c2cccc(C)c2Br)c1. The van der Waals surface area contributed by atoms with Crippen LogP contribution < -0.4 is 5.32 Å². The highest BCUT2D eigenvalue weighted by molar-refractivity contribution is 9.10. The molecule has 0 saturated heterocycles. The number of hydrogen-bond donors (Lipinski definition) is 1. The number of rotatable bonds is 2. The fourth-order valence-corrected chi connectivity index (χ4v) is 2.27. The van der Waals surface area contributed by atoms with Crippen LogP contribution in [0.25, 0.3) is 0 Å². The maximum atomic E-state index is 13.3. The molecule has 2 nitrogen and oxygen atoms in total. The van der Waals surface area contributed by atoms with E-state index in [-0.39, 0.29) is 11.7 Å². The number of carbonyl (C=O) groups excluding carboxylic acids is 1. The van der Waals surface area contributed by atoms with Crippen LogP contribution in [0.5, 0.6) is 0 Å². The number of anilines is 1. The largest absolute Gasteiger partial charge is 0.322 e. The molecule has 1 N–H and O–H groups in total. The van der Waals surface area contributed by atoms with Crippen molar-refractivity contribution in [1.82, 2.24) is 0 Å². The molecule has 98 valence electrons. The summed E-state index contributed by atoms with van der Waals surface area (Å²) in [5, 5.41) is 2.70. The highest BCUT2D eigenvalue weighted by Crippen LogP contribution is 2.22. The van der Waals surface area contributed by atoms with Crippen LogP contribution >= 0.6 is 15.9 Å². The monoisotopic (exact) mass is 321 g/mol. The smallest absolute Gasteiger partial charge is 0.256 e. The third kappa shape index (κ3) is 3.20. The van der Waals surface area contributed by atoms with E-state index in [1.54, 1.807) is 19.1 Å². The summed E-state index contributed by atoms with van der Waals surface area (Å²) < 4.78 is 14.0. The van der Waals surface area contributed by atoms with Gasteiger partial charge in [-0.3, -0.25) is 4.79 Å². The molecule has 2 aromatic rings. The number of carbonyl (C=O) groups is 1. The van der Waals surface area contributed by atoms with E-state index in [0.717, 1.165) is 15.6 Å². The molecule has 0 heterocycles. The Balaban J connectivity index is 2.28. The molecule has 1 amide bonds. The maximum Gasteiger partial charge on any atom is 0.256 e. The first-order valence-corrected chi connectivity index (χ1v) is 6.60. The van der Waals surface area contributed by atoms with E-state index in [1.165, 1.54) is 12.1 Å². The Hall–Kier alpha value is -1.68. The molecular formula is C15H13BrFNO. The summed E-state index contributed by atoms with van der Waals surface area (Å²) in [4.78, 5) is 12.1. The predicted molar refractivity (Wildman–Crippen MR) is 78.0 cm³/mol. The van der Waals surface area contributed by atoms with Crippen molar-refractivity contribution < 1.29 is 9.18 Å². The third-order valence-corrected chi connectivity index (χ3v) is 3.79. The highest BCUT2D eigenvalue weighted by Gasteiger charge is 2.12. The molecule has 0 aliphatic carbocycles. The van der Waals surface area contributed by atoms with E-state index < -0.39 is 0 Å². The second-order valence-corrected chi connectivity index (χ2v) is 5.20. The quantitative estimate of drug-likeness (QED) is 0.869. The molecule has 0 saturated carbocycles. The van der Waals surface area contributed by atoms with Crippen molar-refractivity contribution in [2.24, 2.45) is 0 Å². The lowest BCUT2D eigenvalue weighted by Crippen LogP contribution is -2.13. The first-order valence-electron chi connectivity index (χ1n) is 5.81. The minimum Gasteiger partial charge on any atom is -0.322 e. The van der Waals surface area contributed by atoms with Gasteiger partial charge in [-0.2, -0.15) is 0 Å². The Kier molecular flexibility index (Phi) is 4.00. The van der Waals surface area contributed by atoms with Crippen LogP contribution in [0.15, 0.2) is 40.9 Å². The first kappa shape index (κ1) is 13.7. The summed E-state index contributed by atoms with van der Waals surface area (Å²) in [6.07, 6.45) is 0. The summed E-state index contributed by atoms with van der Waals surface area (Å²) in [6.45, 7) is 3.69. The molecule has 0 unspecified atom stereocenters. The second kappa shape index (κ2) is 5.53. The Bertz CT molecular complexity index is 620. The number of benzene rings is 2. The molecule has 0 spiro atoms. The van der Waals surface area contributed by atoms with Gasteiger partial charge >= 0.3 is 0 Å². The predicted octanol–water partition coefficient (Wildman–Crippen LogP) is 4.46. The van der Waals surface area contributed by atoms with Crippen LogP contribution in [0.4, 0.5) is 10.1 Å². The van der Waals surface area contributed by atoms with Crippen molar-refractivity contribution in [3.8, 4) is 0 Å². The van der Waals surface area contributed by atoms with Gasteiger partial charge in [-0.25, -0.2) is 4.39 Å². The molecule has 0 bridgehead atoms. The van der Waals surface area contributed by atoms with Crippen LogP contribution in [-0.2, 0) is 0 Å². The van der Waals surface area contributed by atoms with E-state index in [4.69, 9.17) is 0 Å². The van der Waals surface area contributed by atoms with E-state index in [9.17, 15) is 9.18 Å². The fourth-order valence-electron chi connectivity index (χ4n) is 1.83. The maximum absolute atomic E-state index is 13.3. The van der Waals surface area contributed by atoms with Gasteiger partial charge in [0.1, 0.15) is 5.82 Å². The highest BCUT2D eigenvalue weighted by atomic mass is 79.9. The number of aryl methyl sites for hydroxylation is 2. The van der Waals surface area contributed by atoms with Crippen molar-refractivity contribution in [2.45, 2.75) is 13.8 Å². The number of halogens is 2. The average Bonchev–Trinajstić information content (AvgIpc) is 2.31. The fraction of sp³-hybridized carbons (Fsp3) is 0.133. The molecule has 0 fully saturated rings. The molecule has 2 aromatic carbocycles. The number of amides is 1. The summed E-state index contributed by atoms with van der Waals surface area (Å²) in [6, 6.07) is 9.88. The lowest BCUT2D eigenvalue weighted by Gasteiger charge is -2.09. The van der Waals surface area contributed by atoms with Gasteiger partial charge in [0.05, 0.1) is 5.56 Å². The zero-order valence-electron chi connectivity index (χ0n) is 10.6. The molecule has 2 rings (SSSR count). The molecule has 19 heavy (non-hydrogen) atoms. The minimum absolute atomic E-state index is 0.263. The van der Waals surface area contributed by atoms with Crippen LogP contribution in [0.1, 0.15) is 21.5 Å². The zero-order chi connectivity index (χ0) is 14.0. The number of nitrogens with one attached hydrogen (secondary N) is 1. The van der Waals surface area contributed by atoms with E-state index >= 15 is 0 Å². The van der Waals surface area contributed by atoms with Gasteiger partial charge in [-0.05, 0) is 65.2 Å². The van der Waals surface area contributed by atoms with Crippen molar-refractivity contribution in [3.05, 3.63) is 63.4 Å². The number of hydrogen-bond acceptors (Lipinski definition) is 1. The van der Waals surface area contributed by atoms with Crippen LogP contribution in [0.2, 0.25) is 0 Å². The Morgan fingerprint density at radius 2 is 1.95 bits per heavy atom. The Morgan fingerprint density at radius 3 is 2.63 bits per heavy atom. The van der Waals surface area contributed by atoms with E-state index in [2.05, 4.69) is 21.2 Å². The van der Waals surface area contributed by atoms with Crippen molar-refractivity contribution in [2.75, 3.05) is 5.32 Å². The Morgan fingerprint density at radius 1 is 1.21 bits per heavy atom. The van der Waals surface area contributed by atoms with Gasteiger partial charge in [0.25, 0.3) is 5.91 Å². The molecule has 0 radical (unpaired) electrons. The minimum atomic E-state index is -0.362. The van der Waals surface area contributed by atoms with E-state index in [1.807, 2.05) is 19.1 Å². The van der Waals surface area contributed by atoms with Gasteiger partial charge < -0.3 is 5.32 Å². The molecule has 4 heteroatoms. The summed E-state index contributed by atoms with van der Waals surface area (Å²) >= 11 is 3.39. The summed E-state index contributed by atoms with van der Waals surface area (Å²) in [7, 11) is 0. The van der Waals surface area contributed by atoms with Crippen LogP contribution in [0, 0.1) is 19.7 Å². The van der Waals surface area contributed by atoms with Gasteiger partial charge in [-0.15, -0.1) is 0 Å². The molecule has 0 aromatic heterocycles. The van der Waals surface area contributed by atoms with E-state index in [0.29, 0.717) is 11.3 Å². The van der Waals surface area contributed by atoms with Crippen LogP contribution in [0.3, 0.4) is 0 Å².